The molecule has 1 N–H and O–H groups in total. The van der Waals surface area contributed by atoms with Crippen LogP contribution < -0.4 is 5.32 Å². The van der Waals surface area contributed by atoms with E-state index in [1.165, 1.54) is 25.7 Å². The average molecular weight is 352 g/mol. The third-order valence-electron chi connectivity index (χ3n) is 7.08. The van der Waals surface area contributed by atoms with Crippen LogP contribution in [-0.2, 0) is 0 Å². The van der Waals surface area contributed by atoms with Crippen LogP contribution in [0.1, 0.15) is 76.0 Å². The minimum absolute atomic E-state index is 0.00519. The first-order valence-corrected chi connectivity index (χ1v) is 9.91. The number of benzene rings is 1. The van der Waals surface area contributed by atoms with Gasteiger partial charge in [0.1, 0.15) is 0 Å². The molecule has 4 unspecified atom stereocenters. The van der Waals surface area contributed by atoms with Crippen molar-refractivity contribution < 1.29 is 14.4 Å². The molecule has 1 aromatic carbocycles. The molecule has 2 saturated carbocycles. The summed E-state index contributed by atoms with van der Waals surface area (Å²) in [5.74, 6) is 1.83. The van der Waals surface area contributed by atoms with Gasteiger partial charge in [0.05, 0.1) is 11.1 Å². The highest BCUT2D eigenvalue weighted by atomic mass is 16.2. The Morgan fingerprint density at radius 2 is 1.92 bits per heavy atom. The van der Waals surface area contributed by atoms with E-state index in [0.717, 1.165) is 43.6 Å². The minimum atomic E-state index is -0.403. The second-order valence-electron chi connectivity index (χ2n) is 8.51. The smallest absolute Gasteiger partial charge is 0.258 e. The summed E-state index contributed by atoms with van der Waals surface area (Å²) in [5.41, 5.74) is 1.21. The van der Waals surface area contributed by atoms with Crippen molar-refractivity contribution in [3.05, 3.63) is 34.9 Å². The van der Waals surface area contributed by atoms with Crippen molar-refractivity contribution in [2.45, 2.75) is 51.0 Å². The molecule has 2 aliphatic heterocycles. The Kier molecular flexibility index (Phi) is 3.66. The lowest BCUT2D eigenvalue weighted by Gasteiger charge is -2.30. The van der Waals surface area contributed by atoms with Gasteiger partial charge in [-0.25, -0.2) is 0 Å². The number of nitrogens with one attached hydrogen (secondary N) is 1. The summed E-state index contributed by atoms with van der Waals surface area (Å²) in [6.07, 6.45) is 8.82. The van der Waals surface area contributed by atoms with Gasteiger partial charge in [-0.05, 0) is 74.5 Å². The number of imide groups is 1. The summed E-state index contributed by atoms with van der Waals surface area (Å²) < 4.78 is 0. The van der Waals surface area contributed by atoms with Crippen LogP contribution in [0, 0.1) is 17.8 Å². The molecule has 2 heterocycles. The number of fused-ring (bicyclic) bond motifs is 3. The summed E-state index contributed by atoms with van der Waals surface area (Å²) in [6, 6.07) is 5.21. The average Bonchev–Trinajstić information content (AvgIpc) is 3.40. The SMILES string of the molecule is O=C1NC(=O)c2cc(C(=O)N3CCCC3CC3CC4CCC3C4)ccc21. The van der Waals surface area contributed by atoms with E-state index in [2.05, 4.69) is 5.32 Å². The van der Waals surface area contributed by atoms with E-state index in [4.69, 9.17) is 0 Å². The zero-order valence-electron chi connectivity index (χ0n) is 14.9. The lowest BCUT2D eigenvalue weighted by molar-refractivity contribution is 0.0707. The maximum absolute atomic E-state index is 13.1. The molecule has 0 radical (unpaired) electrons. The fourth-order valence-electron chi connectivity index (χ4n) is 5.83. The van der Waals surface area contributed by atoms with Crippen LogP contribution in [0.25, 0.3) is 0 Å². The fraction of sp³-hybridized carbons (Fsp3) is 0.571. The number of hydrogen-bond donors (Lipinski definition) is 1. The maximum atomic E-state index is 13.1. The molecule has 2 aliphatic carbocycles. The number of hydrogen-bond acceptors (Lipinski definition) is 3. The Morgan fingerprint density at radius 3 is 2.69 bits per heavy atom. The Balaban J connectivity index is 1.34. The lowest BCUT2D eigenvalue weighted by Crippen LogP contribution is -2.37. The molecule has 136 valence electrons. The minimum Gasteiger partial charge on any atom is -0.336 e. The highest BCUT2D eigenvalue weighted by molar-refractivity contribution is 6.22. The molecule has 3 amide bonds. The molecular formula is C21H24N2O3. The molecule has 2 bridgehead atoms. The Morgan fingerprint density at radius 1 is 1.08 bits per heavy atom. The molecule has 26 heavy (non-hydrogen) atoms. The van der Waals surface area contributed by atoms with Gasteiger partial charge in [0.2, 0.25) is 0 Å². The summed E-state index contributed by atoms with van der Waals surface area (Å²) in [7, 11) is 0. The maximum Gasteiger partial charge on any atom is 0.258 e. The van der Waals surface area contributed by atoms with Gasteiger partial charge in [0.15, 0.2) is 0 Å². The Hall–Kier alpha value is -2.17. The summed E-state index contributed by atoms with van der Waals surface area (Å²) in [6.45, 7) is 0.798. The van der Waals surface area contributed by atoms with Crippen molar-refractivity contribution in [2.24, 2.45) is 17.8 Å². The molecule has 0 spiro atoms. The summed E-state index contributed by atoms with van der Waals surface area (Å²) in [5, 5.41) is 2.29. The Labute approximate surface area is 153 Å². The highest BCUT2D eigenvalue weighted by Crippen LogP contribution is 2.50. The van der Waals surface area contributed by atoms with E-state index in [-0.39, 0.29) is 11.8 Å². The standard InChI is InChI=1S/C21H24N2O3/c24-19-17-6-5-14(11-18(17)20(25)22-19)21(26)23-7-1-2-16(23)10-15-9-12-3-4-13(15)8-12/h5-6,11-13,15-16H,1-4,7-10H2,(H,22,24,25). The molecule has 5 rings (SSSR count). The second-order valence-corrected chi connectivity index (χ2v) is 8.51. The Bertz CT molecular complexity index is 802. The van der Waals surface area contributed by atoms with Crippen LogP contribution in [0.3, 0.4) is 0 Å². The number of likely N-dealkylation sites (tertiary alicyclic amines) is 1. The fourth-order valence-corrected chi connectivity index (χ4v) is 5.83. The van der Waals surface area contributed by atoms with Gasteiger partial charge in [-0.15, -0.1) is 0 Å². The molecule has 4 atom stereocenters. The third-order valence-corrected chi connectivity index (χ3v) is 7.08. The van der Waals surface area contributed by atoms with Gasteiger partial charge in [-0.3, -0.25) is 19.7 Å². The molecule has 5 heteroatoms. The van der Waals surface area contributed by atoms with Crippen LogP contribution in [0.4, 0.5) is 0 Å². The van der Waals surface area contributed by atoms with E-state index in [9.17, 15) is 14.4 Å². The van der Waals surface area contributed by atoms with Gasteiger partial charge >= 0.3 is 0 Å². The molecular weight excluding hydrogens is 328 g/mol. The normalized spacial score (nSPS) is 32.2. The van der Waals surface area contributed by atoms with Crippen molar-refractivity contribution in [1.29, 1.82) is 0 Å². The largest absolute Gasteiger partial charge is 0.336 e. The van der Waals surface area contributed by atoms with E-state index in [1.807, 2.05) is 4.90 Å². The molecule has 4 aliphatic rings. The molecule has 1 aromatic rings. The number of amides is 3. The van der Waals surface area contributed by atoms with Crippen LogP contribution in [0.5, 0.6) is 0 Å². The predicted octanol–water partition coefficient (Wildman–Crippen LogP) is 3.00. The predicted molar refractivity (Wildman–Crippen MR) is 95.9 cm³/mol. The van der Waals surface area contributed by atoms with E-state index in [0.29, 0.717) is 22.7 Å². The zero-order chi connectivity index (χ0) is 17.8. The molecule has 5 nitrogen and oxygen atoms in total. The van der Waals surface area contributed by atoms with Crippen molar-refractivity contribution in [3.63, 3.8) is 0 Å². The summed E-state index contributed by atoms with van der Waals surface area (Å²) >= 11 is 0. The van der Waals surface area contributed by atoms with E-state index >= 15 is 0 Å². The number of carbonyl (C=O) groups excluding carboxylic acids is 3. The topological polar surface area (TPSA) is 66.5 Å². The van der Waals surface area contributed by atoms with Gasteiger partial charge in [0, 0.05) is 18.2 Å². The van der Waals surface area contributed by atoms with Crippen LogP contribution in [-0.4, -0.2) is 35.2 Å². The lowest BCUT2D eigenvalue weighted by atomic mass is 9.83. The summed E-state index contributed by atoms with van der Waals surface area (Å²) in [4.78, 5) is 38.7. The van der Waals surface area contributed by atoms with Crippen molar-refractivity contribution in [2.75, 3.05) is 6.54 Å². The third kappa shape index (κ3) is 2.48. The first-order valence-electron chi connectivity index (χ1n) is 9.91. The monoisotopic (exact) mass is 352 g/mol. The van der Waals surface area contributed by atoms with Crippen LogP contribution >= 0.6 is 0 Å². The van der Waals surface area contributed by atoms with E-state index < -0.39 is 5.91 Å². The van der Waals surface area contributed by atoms with E-state index in [1.54, 1.807) is 18.2 Å². The zero-order valence-corrected chi connectivity index (χ0v) is 14.9. The first-order chi connectivity index (χ1) is 12.6. The molecule has 0 aromatic heterocycles. The van der Waals surface area contributed by atoms with Gasteiger partial charge in [-0.1, -0.05) is 6.42 Å². The van der Waals surface area contributed by atoms with Crippen molar-refractivity contribution in [3.8, 4) is 0 Å². The van der Waals surface area contributed by atoms with Crippen molar-refractivity contribution >= 4 is 17.7 Å². The number of nitrogens with zero attached hydrogens (tertiary/aromatic N) is 1. The quantitative estimate of drug-likeness (QED) is 0.851. The first kappa shape index (κ1) is 16.0. The molecule has 1 saturated heterocycles. The van der Waals surface area contributed by atoms with Gasteiger partial charge in [0.25, 0.3) is 17.7 Å². The number of rotatable bonds is 3. The number of carbonyl (C=O) groups is 3. The molecule has 3 fully saturated rings. The van der Waals surface area contributed by atoms with Gasteiger partial charge < -0.3 is 4.90 Å². The van der Waals surface area contributed by atoms with Crippen LogP contribution in [0.15, 0.2) is 18.2 Å². The second kappa shape index (κ2) is 5.93. The highest BCUT2D eigenvalue weighted by Gasteiger charge is 2.42. The van der Waals surface area contributed by atoms with Gasteiger partial charge in [-0.2, -0.15) is 0 Å². The van der Waals surface area contributed by atoms with Crippen molar-refractivity contribution in [1.82, 2.24) is 10.2 Å². The van der Waals surface area contributed by atoms with Crippen LogP contribution in [0.2, 0.25) is 0 Å².